The van der Waals surface area contributed by atoms with Crippen LogP contribution in [-0.4, -0.2) is 64.7 Å². The van der Waals surface area contributed by atoms with Crippen LogP contribution in [0, 0.1) is 12.8 Å². The van der Waals surface area contributed by atoms with Gasteiger partial charge in [0.15, 0.2) is 0 Å². The van der Waals surface area contributed by atoms with Gasteiger partial charge in [0.25, 0.3) is 0 Å². The van der Waals surface area contributed by atoms with Gasteiger partial charge >= 0.3 is 0 Å². The molecule has 0 aromatic heterocycles. The summed E-state index contributed by atoms with van der Waals surface area (Å²) in [5.41, 5.74) is 2.05. The summed E-state index contributed by atoms with van der Waals surface area (Å²) >= 11 is 0. The standard InChI is InChI=1S/C26H37N3O6S/c1-18(2)15-27-26(31)20(4)28(16-21-10-8-19(3)9-11-21)25(30)17-29(36(7,32)33)23-14-22(34-5)12-13-24(23)35-6/h8-14,18,20H,15-17H2,1-7H3,(H,27,31)/t20-/m1/s1. The molecule has 1 N–H and O–H groups in total. The predicted octanol–water partition coefficient (Wildman–Crippen LogP) is 2.97. The average Bonchev–Trinajstić information content (AvgIpc) is 2.83. The Morgan fingerprint density at radius 1 is 1.00 bits per heavy atom. The largest absolute Gasteiger partial charge is 0.497 e. The highest BCUT2D eigenvalue weighted by atomic mass is 32.2. The van der Waals surface area contributed by atoms with E-state index in [0.717, 1.165) is 21.7 Å². The number of nitrogens with zero attached hydrogens (tertiary/aromatic N) is 2. The van der Waals surface area contributed by atoms with Gasteiger partial charge in [0.1, 0.15) is 24.1 Å². The molecule has 0 fully saturated rings. The van der Waals surface area contributed by atoms with Gasteiger partial charge in [-0.3, -0.25) is 13.9 Å². The normalized spacial score (nSPS) is 12.1. The highest BCUT2D eigenvalue weighted by Gasteiger charge is 2.31. The summed E-state index contributed by atoms with van der Waals surface area (Å²) < 4.78 is 37.2. The molecule has 10 heteroatoms. The SMILES string of the molecule is COc1ccc(OC)c(N(CC(=O)N(Cc2ccc(C)cc2)[C@H](C)C(=O)NCC(C)C)S(C)(=O)=O)c1. The number of nitrogens with one attached hydrogen (secondary N) is 1. The van der Waals surface area contributed by atoms with Crippen molar-refractivity contribution < 1.29 is 27.5 Å². The second-order valence-corrected chi connectivity index (χ2v) is 11.0. The fraction of sp³-hybridized carbons (Fsp3) is 0.462. The molecule has 2 rings (SSSR count). The highest BCUT2D eigenvalue weighted by molar-refractivity contribution is 7.92. The summed E-state index contributed by atoms with van der Waals surface area (Å²) in [7, 11) is -1.02. The van der Waals surface area contributed by atoms with Gasteiger partial charge in [-0.2, -0.15) is 0 Å². The molecule has 0 radical (unpaired) electrons. The van der Waals surface area contributed by atoms with Crippen LogP contribution >= 0.6 is 0 Å². The molecular formula is C26H37N3O6S. The smallest absolute Gasteiger partial charge is 0.244 e. The van der Waals surface area contributed by atoms with Crippen LogP contribution in [0.4, 0.5) is 5.69 Å². The van der Waals surface area contributed by atoms with Crippen LogP contribution < -0.4 is 19.1 Å². The molecule has 0 bridgehead atoms. The maximum absolute atomic E-state index is 13.7. The van der Waals surface area contributed by atoms with Gasteiger partial charge in [-0.15, -0.1) is 0 Å². The molecule has 9 nitrogen and oxygen atoms in total. The van der Waals surface area contributed by atoms with Gasteiger partial charge in [-0.25, -0.2) is 8.42 Å². The predicted molar refractivity (Wildman–Crippen MR) is 141 cm³/mol. The molecule has 0 aliphatic heterocycles. The molecule has 0 heterocycles. The average molecular weight is 520 g/mol. The van der Waals surface area contributed by atoms with Crippen LogP contribution in [0.5, 0.6) is 11.5 Å². The molecule has 0 unspecified atom stereocenters. The van der Waals surface area contributed by atoms with E-state index in [9.17, 15) is 18.0 Å². The summed E-state index contributed by atoms with van der Waals surface area (Å²) in [4.78, 5) is 27.9. The lowest BCUT2D eigenvalue weighted by molar-refractivity contribution is -0.139. The van der Waals surface area contributed by atoms with Crippen molar-refractivity contribution in [2.75, 3.05) is 37.9 Å². The Morgan fingerprint density at radius 2 is 1.64 bits per heavy atom. The molecular weight excluding hydrogens is 482 g/mol. The summed E-state index contributed by atoms with van der Waals surface area (Å²) in [6, 6.07) is 11.5. The van der Waals surface area contributed by atoms with Gasteiger partial charge in [-0.1, -0.05) is 43.7 Å². The van der Waals surface area contributed by atoms with Crippen molar-refractivity contribution >= 4 is 27.5 Å². The first-order valence-electron chi connectivity index (χ1n) is 11.7. The minimum absolute atomic E-state index is 0.141. The number of hydrogen-bond acceptors (Lipinski definition) is 6. The number of rotatable bonds is 12. The molecule has 0 aliphatic carbocycles. The summed E-state index contributed by atoms with van der Waals surface area (Å²) in [6.45, 7) is 7.64. The van der Waals surface area contributed by atoms with Crippen LogP contribution in [0.25, 0.3) is 0 Å². The molecule has 2 amide bonds. The van der Waals surface area contributed by atoms with E-state index in [4.69, 9.17) is 9.47 Å². The van der Waals surface area contributed by atoms with Gasteiger partial charge in [0.2, 0.25) is 21.8 Å². The third-order valence-corrected chi connectivity index (χ3v) is 6.79. The maximum Gasteiger partial charge on any atom is 0.244 e. The number of hydrogen-bond donors (Lipinski definition) is 1. The highest BCUT2D eigenvalue weighted by Crippen LogP contribution is 2.34. The van der Waals surface area contributed by atoms with Crippen molar-refractivity contribution in [3.05, 3.63) is 53.6 Å². The quantitative estimate of drug-likeness (QED) is 0.462. The number of carbonyl (C=O) groups excluding carboxylic acids is 2. The minimum atomic E-state index is -3.90. The van der Waals surface area contributed by atoms with Crippen molar-refractivity contribution in [3.8, 4) is 11.5 Å². The van der Waals surface area contributed by atoms with Crippen molar-refractivity contribution in [1.82, 2.24) is 10.2 Å². The molecule has 0 saturated heterocycles. The van der Waals surface area contributed by atoms with E-state index < -0.39 is 28.5 Å². The van der Waals surface area contributed by atoms with E-state index in [1.807, 2.05) is 45.0 Å². The lowest BCUT2D eigenvalue weighted by Gasteiger charge is -2.32. The Kier molecular flexibility index (Phi) is 10.2. The Morgan fingerprint density at radius 3 is 2.17 bits per heavy atom. The minimum Gasteiger partial charge on any atom is -0.497 e. The molecule has 36 heavy (non-hydrogen) atoms. The second kappa shape index (κ2) is 12.6. The van der Waals surface area contributed by atoms with E-state index in [1.165, 1.54) is 25.2 Å². The third kappa shape index (κ3) is 7.87. The Labute approximate surface area is 214 Å². The van der Waals surface area contributed by atoms with E-state index in [1.54, 1.807) is 19.1 Å². The number of amides is 2. The second-order valence-electron chi connectivity index (χ2n) is 9.13. The zero-order chi connectivity index (χ0) is 27.0. The van der Waals surface area contributed by atoms with Gasteiger partial charge in [0.05, 0.1) is 26.2 Å². The molecule has 0 saturated carbocycles. The number of carbonyl (C=O) groups is 2. The fourth-order valence-corrected chi connectivity index (χ4v) is 4.36. The van der Waals surface area contributed by atoms with E-state index in [2.05, 4.69) is 5.32 Å². The summed E-state index contributed by atoms with van der Waals surface area (Å²) in [6.07, 6.45) is 1.02. The Hall–Kier alpha value is -3.27. The molecule has 1 atom stereocenters. The number of ether oxygens (including phenoxy) is 2. The van der Waals surface area contributed by atoms with Crippen molar-refractivity contribution in [2.45, 2.75) is 40.3 Å². The Bertz CT molecular complexity index is 1150. The molecule has 0 aliphatic rings. The monoisotopic (exact) mass is 519 g/mol. The molecule has 198 valence electrons. The molecule has 0 spiro atoms. The van der Waals surface area contributed by atoms with Gasteiger partial charge in [-0.05, 0) is 37.5 Å². The van der Waals surface area contributed by atoms with Crippen LogP contribution in [-0.2, 0) is 26.2 Å². The zero-order valence-corrected chi connectivity index (χ0v) is 22.9. The van der Waals surface area contributed by atoms with Crippen molar-refractivity contribution in [1.29, 1.82) is 0 Å². The van der Waals surface area contributed by atoms with Crippen molar-refractivity contribution in [3.63, 3.8) is 0 Å². The first kappa shape index (κ1) is 29.0. The van der Waals surface area contributed by atoms with Crippen LogP contribution in [0.2, 0.25) is 0 Å². The van der Waals surface area contributed by atoms with Crippen LogP contribution in [0.1, 0.15) is 31.9 Å². The number of aryl methyl sites for hydroxylation is 1. The third-order valence-electron chi connectivity index (χ3n) is 5.66. The number of methoxy groups -OCH3 is 2. The topological polar surface area (TPSA) is 105 Å². The molecule has 2 aromatic carbocycles. The maximum atomic E-state index is 13.7. The van der Waals surface area contributed by atoms with E-state index in [0.29, 0.717) is 12.3 Å². The summed E-state index contributed by atoms with van der Waals surface area (Å²) in [5, 5.41) is 2.86. The van der Waals surface area contributed by atoms with E-state index in [-0.39, 0.29) is 29.8 Å². The van der Waals surface area contributed by atoms with E-state index >= 15 is 0 Å². The number of sulfonamides is 1. The van der Waals surface area contributed by atoms with Crippen molar-refractivity contribution in [2.24, 2.45) is 5.92 Å². The lowest BCUT2D eigenvalue weighted by Crippen LogP contribution is -2.51. The number of benzene rings is 2. The van der Waals surface area contributed by atoms with Crippen LogP contribution in [0.3, 0.4) is 0 Å². The first-order valence-corrected chi connectivity index (χ1v) is 13.5. The fourth-order valence-electron chi connectivity index (χ4n) is 3.51. The molecule has 2 aromatic rings. The first-order chi connectivity index (χ1) is 16.9. The summed E-state index contributed by atoms with van der Waals surface area (Å²) in [5.74, 6) is 0.0717. The number of anilines is 1. The van der Waals surface area contributed by atoms with Gasteiger partial charge in [0, 0.05) is 19.2 Å². The van der Waals surface area contributed by atoms with Gasteiger partial charge < -0.3 is 19.7 Å². The Balaban J connectivity index is 2.45. The zero-order valence-electron chi connectivity index (χ0n) is 22.1. The lowest BCUT2D eigenvalue weighted by atomic mass is 10.1. The van der Waals surface area contributed by atoms with Crippen LogP contribution in [0.15, 0.2) is 42.5 Å².